The Balaban J connectivity index is 1.77. The van der Waals surface area contributed by atoms with Crippen molar-refractivity contribution in [2.45, 2.75) is 20.8 Å². The molecule has 2 amide bonds. The van der Waals surface area contributed by atoms with Crippen molar-refractivity contribution in [1.82, 2.24) is 9.88 Å². The fraction of sp³-hybridized carbons (Fsp3) is 0.120. The Morgan fingerprint density at radius 1 is 1.00 bits per heavy atom. The van der Waals surface area contributed by atoms with Gasteiger partial charge >= 0.3 is 5.97 Å². The molecular weight excluding hydrogens is 438 g/mol. The van der Waals surface area contributed by atoms with Gasteiger partial charge in [-0.15, -0.1) is 0 Å². The molecule has 2 heterocycles. The summed E-state index contributed by atoms with van der Waals surface area (Å²) in [6, 6.07) is 15.8. The maximum atomic E-state index is 13.3. The molecule has 1 fully saturated rings. The van der Waals surface area contributed by atoms with Crippen LogP contribution in [0.1, 0.15) is 32.9 Å². The topological polar surface area (TPSA) is 91.6 Å². The molecule has 0 saturated carbocycles. The summed E-state index contributed by atoms with van der Waals surface area (Å²) in [6.07, 6.45) is 1.54. The molecule has 3 aromatic rings. The van der Waals surface area contributed by atoms with Gasteiger partial charge in [-0.3, -0.25) is 19.8 Å². The van der Waals surface area contributed by atoms with Crippen LogP contribution in [0.25, 0.3) is 11.8 Å². The van der Waals surface area contributed by atoms with E-state index in [2.05, 4.69) is 16.0 Å². The number of hydrogen-bond donors (Lipinski definition) is 2. The van der Waals surface area contributed by atoms with Crippen LogP contribution < -0.4 is 10.2 Å². The molecule has 0 radical (unpaired) electrons. The minimum atomic E-state index is -1.13. The van der Waals surface area contributed by atoms with Crippen molar-refractivity contribution >= 4 is 46.9 Å². The van der Waals surface area contributed by atoms with Gasteiger partial charge in [0.25, 0.3) is 11.8 Å². The molecule has 0 aliphatic carbocycles. The van der Waals surface area contributed by atoms with Gasteiger partial charge in [-0.05, 0) is 86.6 Å². The fourth-order valence-corrected chi connectivity index (χ4v) is 4.20. The molecular formula is C25H21N3O4S. The van der Waals surface area contributed by atoms with Gasteiger partial charge in [0.2, 0.25) is 0 Å². The standard InChI is InChI=1S/C25H21N3O4S/c1-14-6-4-8-19(10-14)27-15(2)11-18(16(27)3)13-21-22(29)26-25(33)28(23(21)30)20-9-5-7-17(12-20)24(31)32/h4-13H,1-3H3,(H,31,32)(H,26,29,33). The van der Waals surface area contributed by atoms with Gasteiger partial charge in [-0.25, -0.2) is 4.79 Å². The highest BCUT2D eigenvalue weighted by atomic mass is 32.1. The van der Waals surface area contributed by atoms with Crippen molar-refractivity contribution in [2.75, 3.05) is 4.90 Å². The highest BCUT2D eigenvalue weighted by Crippen LogP contribution is 2.26. The zero-order chi connectivity index (χ0) is 23.9. The first-order valence-corrected chi connectivity index (χ1v) is 10.6. The zero-order valence-corrected chi connectivity index (χ0v) is 19.1. The minimum Gasteiger partial charge on any atom is -0.478 e. The number of benzene rings is 2. The third-order valence-electron chi connectivity index (χ3n) is 5.48. The second kappa shape index (κ2) is 8.48. The molecule has 0 unspecified atom stereocenters. The molecule has 4 rings (SSSR count). The van der Waals surface area contributed by atoms with Gasteiger partial charge in [0.15, 0.2) is 5.11 Å². The van der Waals surface area contributed by atoms with Crippen LogP contribution >= 0.6 is 12.2 Å². The smallest absolute Gasteiger partial charge is 0.335 e. The molecule has 0 bridgehead atoms. The third kappa shape index (κ3) is 4.08. The number of carbonyl (C=O) groups is 3. The largest absolute Gasteiger partial charge is 0.478 e. The zero-order valence-electron chi connectivity index (χ0n) is 18.2. The second-order valence-electron chi connectivity index (χ2n) is 7.81. The SMILES string of the molecule is Cc1cccc(-n2c(C)cc(C=C3C(=O)NC(=S)N(c4cccc(C(=O)O)c4)C3=O)c2C)c1. The number of anilines is 1. The van der Waals surface area contributed by atoms with E-state index in [-0.39, 0.29) is 21.9 Å². The number of hydrogen-bond acceptors (Lipinski definition) is 4. The number of carbonyl (C=O) groups excluding carboxylic acids is 2. The Labute approximate surface area is 196 Å². The lowest BCUT2D eigenvalue weighted by Gasteiger charge is -2.29. The quantitative estimate of drug-likeness (QED) is 0.350. The Morgan fingerprint density at radius 3 is 2.39 bits per heavy atom. The van der Waals surface area contributed by atoms with Gasteiger partial charge in [0.05, 0.1) is 11.3 Å². The lowest BCUT2D eigenvalue weighted by atomic mass is 10.1. The van der Waals surface area contributed by atoms with E-state index in [9.17, 15) is 19.5 Å². The summed E-state index contributed by atoms with van der Waals surface area (Å²) in [6.45, 7) is 5.90. The number of aromatic nitrogens is 1. The Bertz CT molecular complexity index is 1370. The van der Waals surface area contributed by atoms with Gasteiger partial charge in [0, 0.05) is 17.1 Å². The normalized spacial score (nSPS) is 15.2. The first-order chi connectivity index (χ1) is 15.7. The van der Waals surface area contributed by atoms with Crippen molar-refractivity contribution in [3.8, 4) is 5.69 Å². The van der Waals surface area contributed by atoms with Crippen LogP contribution in [-0.4, -0.2) is 32.6 Å². The van der Waals surface area contributed by atoms with Crippen LogP contribution in [0.2, 0.25) is 0 Å². The van der Waals surface area contributed by atoms with Gasteiger partial charge in [-0.2, -0.15) is 0 Å². The number of carboxylic acids is 1. The number of aryl methyl sites for hydroxylation is 2. The summed E-state index contributed by atoms with van der Waals surface area (Å²) < 4.78 is 2.06. The van der Waals surface area contributed by atoms with Crippen LogP contribution in [0.5, 0.6) is 0 Å². The number of amides is 2. The predicted octanol–water partition coefficient (Wildman–Crippen LogP) is 3.93. The van der Waals surface area contributed by atoms with E-state index in [0.29, 0.717) is 0 Å². The van der Waals surface area contributed by atoms with Crippen molar-refractivity contribution in [3.63, 3.8) is 0 Å². The summed E-state index contributed by atoms with van der Waals surface area (Å²) in [4.78, 5) is 38.5. The molecule has 0 spiro atoms. The van der Waals surface area contributed by atoms with Crippen LogP contribution in [0.3, 0.4) is 0 Å². The minimum absolute atomic E-state index is 0.00669. The molecule has 33 heavy (non-hydrogen) atoms. The van der Waals surface area contributed by atoms with Crippen LogP contribution in [-0.2, 0) is 9.59 Å². The van der Waals surface area contributed by atoms with Crippen molar-refractivity contribution in [2.24, 2.45) is 0 Å². The molecule has 1 aliphatic rings. The number of aromatic carboxylic acids is 1. The van der Waals surface area contributed by atoms with Crippen LogP contribution in [0.4, 0.5) is 5.69 Å². The first-order valence-electron chi connectivity index (χ1n) is 10.2. The van der Waals surface area contributed by atoms with E-state index in [4.69, 9.17) is 12.2 Å². The van der Waals surface area contributed by atoms with Crippen LogP contribution in [0, 0.1) is 20.8 Å². The first kappa shape index (κ1) is 22.2. The summed E-state index contributed by atoms with van der Waals surface area (Å²) in [5.41, 5.74) is 4.84. The van der Waals surface area contributed by atoms with Crippen molar-refractivity contribution in [1.29, 1.82) is 0 Å². The summed E-state index contributed by atoms with van der Waals surface area (Å²) in [5.74, 6) is -2.35. The van der Waals surface area contributed by atoms with Crippen LogP contribution in [0.15, 0.2) is 60.2 Å². The predicted molar refractivity (Wildman–Crippen MR) is 130 cm³/mol. The third-order valence-corrected chi connectivity index (χ3v) is 5.77. The van der Waals surface area contributed by atoms with Gasteiger partial charge in [0.1, 0.15) is 5.57 Å². The maximum Gasteiger partial charge on any atom is 0.335 e. The number of nitrogens with zero attached hydrogens (tertiary/aromatic N) is 2. The van der Waals surface area contributed by atoms with Crippen molar-refractivity contribution in [3.05, 3.63) is 88.2 Å². The van der Waals surface area contributed by atoms with Gasteiger partial charge in [-0.1, -0.05) is 18.2 Å². The Kier molecular flexibility index (Phi) is 5.69. The number of thiocarbonyl (C=S) groups is 1. The highest BCUT2D eigenvalue weighted by molar-refractivity contribution is 7.80. The molecule has 0 atom stereocenters. The van der Waals surface area contributed by atoms with E-state index >= 15 is 0 Å². The molecule has 1 aliphatic heterocycles. The van der Waals surface area contributed by atoms with Crippen molar-refractivity contribution < 1.29 is 19.5 Å². The molecule has 7 nitrogen and oxygen atoms in total. The molecule has 2 N–H and O–H groups in total. The van der Waals surface area contributed by atoms with E-state index < -0.39 is 17.8 Å². The maximum absolute atomic E-state index is 13.3. The lowest BCUT2D eigenvalue weighted by molar-refractivity contribution is -0.122. The fourth-order valence-electron chi connectivity index (χ4n) is 3.92. The lowest BCUT2D eigenvalue weighted by Crippen LogP contribution is -2.54. The highest BCUT2D eigenvalue weighted by Gasteiger charge is 2.35. The average Bonchev–Trinajstić information content (AvgIpc) is 3.04. The Morgan fingerprint density at radius 2 is 1.70 bits per heavy atom. The van der Waals surface area contributed by atoms with E-state index in [1.807, 2.05) is 45.0 Å². The summed E-state index contributed by atoms with van der Waals surface area (Å²) >= 11 is 5.21. The van der Waals surface area contributed by atoms with E-state index in [1.54, 1.807) is 12.1 Å². The number of nitrogens with one attached hydrogen (secondary N) is 1. The van der Waals surface area contributed by atoms with E-state index in [0.717, 1.165) is 33.1 Å². The summed E-state index contributed by atoms with van der Waals surface area (Å²) in [5, 5.41) is 11.7. The molecule has 1 saturated heterocycles. The molecule has 8 heteroatoms. The molecule has 2 aromatic carbocycles. The molecule has 166 valence electrons. The summed E-state index contributed by atoms with van der Waals surface area (Å²) in [7, 11) is 0. The Hall–Kier alpha value is -4.04. The molecule has 1 aromatic heterocycles. The number of carboxylic acid groups (broad SMARTS) is 1. The second-order valence-corrected chi connectivity index (χ2v) is 8.20. The average molecular weight is 460 g/mol. The number of rotatable bonds is 4. The van der Waals surface area contributed by atoms with E-state index in [1.165, 1.54) is 18.2 Å². The van der Waals surface area contributed by atoms with Gasteiger partial charge < -0.3 is 9.67 Å². The monoisotopic (exact) mass is 459 g/mol.